The molecule has 130 valence electrons. The number of halogens is 1. The molecule has 1 aliphatic rings. The number of ether oxygens (including phenoxy) is 2. The van der Waals surface area contributed by atoms with Crippen LogP contribution in [0.15, 0.2) is 36.5 Å². The van der Waals surface area contributed by atoms with E-state index in [0.717, 1.165) is 0 Å². The third-order valence-corrected chi connectivity index (χ3v) is 3.53. The molecule has 0 unspecified atom stereocenters. The van der Waals surface area contributed by atoms with Gasteiger partial charge in [0, 0.05) is 5.70 Å². The van der Waals surface area contributed by atoms with Gasteiger partial charge in [-0.15, -0.1) is 0 Å². The highest BCUT2D eigenvalue weighted by molar-refractivity contribution is 5.85. The number of esters is 1. The van der Waals surface area contributed by atoms with Gasteiger partial charge in [-0.25, -0.2) is 9.18 Å². The van der Waals surface area contributed by atoms with Crippen molar-refractivity contribution in [2.45, 2.75) is 26.0 Å². The van der Waals surface area contributed by atoms with Crippen molar-refractivity contribution in [2.24, 2.45) is 5.92 Å². The van der Waals surface area contributed by atoms with Crippen LogP contribution in [0.4, 0.5) is 9.18 Å². The predicted molar refractivity (Wildman–Crippen MR) is 85.5 cm³/mol. The van der Waals surface area contributed by atoms with E-state index in [4.69, 9.17) is 9.47 Å². The normalized spacial score (nSPS) is 20.5. The van der Waals surface area contributed by atoms with Gasteiger partial charge >= 0.3 is 12.0 Å². The fourth-order valence-electron chi connectivity index (χ4n) is 2.43. The van der Waals surface area contributed by atoms with E-state index in [1.165, 1.54) is 24.3 Å². The van der Waals surface area contributed by atoms with E-state index in [-0.39, 0.29) is 25.0 Å². The van der Waals surface area contributed by atoms with Crippen molar-refractivity contribution in [1.29, 1.82) is 0 Å². The van der Waals surface area contributed by atoms with Crippen molar-refractivity contribution in [1.82, 2.24) is 10.6 Å². The highest BCUT2D eigenvalue weighted by Gasteiger charge is 2.38. The van der Waals surface area contributed by atoms with E-state index in [9.17, 15) is 14.0 Å². The van der Waals surface area contributed by atoms with Crippen LogP contribution in [0, 0.1) is 11.7 Å². The Balaban J connectivity index is 2.10. The summed E-state index contributed by atoms with van der Waals surface area (Å²) in [6.07, 6.45) is 0.0428. The molecule has 2 rings (SSSR count). The third kappa shape index (κ3) is 4.55. The van der Waals surface area contributed by atoms with Gasteiger partial charge in [0.15, 0.2) is 0 Å². The van der Waals surface area contributed by atoms with Crippen LogP contribution in [0.5, 0.6) is 0 Å². The number of nitrogens with one attached hydrogen (secondary N) is 2. The summed E-state index contributed by atoms with van der Waals surface area (Å²) in [6, 6.07) is 4.42. The van der Waals surface area contributed by atoms with Gasteiger partial charge in [-0.05, 0) is 31.5 Å². The van der Waals surface area contributed by atoms with Gasteiger partial charge in [0.25, 0.3) is 0 Å². The summed E-state index contributed by atoms with van der Waals surface area (Å²) in [5.74, 6) is -1.75. The molecule has 6 nitrogen and oxygen atoms in total. The Bertz CT molecular complexity index is 616. The second-order valence-corrected chi connectivity index (χ2v) is 5.72. The van der Waals surface area contributed by atoms with Gasteiger partial charge in [0.1, 0.15) is 18.3 Å². The first-order valence-corrected chi connectivity index (χ1v) is 7.68. The molecule has 24 heavy (non-hydrogen) atoms. The number of carbonyl (C=O) groups excluding carboxylic acids is 2. The molecule has 0 radical (unpaired) electrons. The summed E-state index contributed by atoms with van der Waals surface area (Å²) in [5, 5.41) is 5.14. The number of amides is 2. The van der Waals surface area contributed by atoms with Crippen LogP contribution in [0.25, 0.3) is 0 Å². The molecular weight excluding hydrogens is 315 g/mol. The monoisotopic (exact) mass is 336 g/mol. The maximum absolute atomic E-state index is 13.1. The van der Waals surface area contributed by atoms with Crippen molar-refractivity contribution in [3.8, 4) is 0 Å². The molecule has 2 atom stereocenters. The highest BCUT2D eigenvalue weighted by atomic mass is 19.1. The zero-order valence-electron chi connectivity index (χ0n) is 13.7. The number of hydrogen-bond donors (Lipinski definition) is 2. The van der Waals surface area contributed by atoms with E-state index < -0.39 is 29.8 Å². The quantitative estimate of drug-likeness (QED) is 0.617. The molecule has 2 N–H and O–H groups in total. The summed E-state index contributed by atoms with van der Waals surface area (Å²) in [4.78, 5) is 24.1. The molecule has 1 fully saturated rings. The third-order valence-electron chi connectivity index (χ3n) is 3.53. The van der Waals surface area contributed by atoms with Gasteiger partial charge in [0.2, 0.25) is 0 Å². The molecule has 0 bridgehead atoms. The molecule has 0 aliphatic carbocycles. The maximum atomic E-state index is 13.1. The van der Waals surface area contributed by atoms with Crippen LogP contribution in [0.2, 0.25) is 0 Å². The lowest BCUT2D eigenvalue weighted by atomic mass is 9.89. The standard InChI is InChI=1S/C17H21FN2O4/c1-10(2)23-8-9-24-16(21)14-11(3)19-17(22)20-15(14)12-4-6-13(18)7-5-12/h4-7,10,14-15H,3,8-9H2,1-2H3,(H2,19,20,22)/t14-,15+/m1/s1. The Kier molecular flexibility index (Phi) is 5.92. The first-order chi connectivity index (χ1) is 11.4. The fraction of sp³-hybridized carbons (Fsp3) is 0.412. The average molecular weight is 336 g/mol. The van der Waals surface area contributed by atoms with Crippen molar-refractivity contribution in [3.05, 3.63) is 47.9 Å². The lowest BCUT2D eigenvalue weighted by Gasteiger charge is -2.33. The minimum Gasteiger partial charge on any atom is -0.463 e. The largest absolute Gasteiger partial charge is 0.463 e. The molecule has 0 saturated carbocycles. The Labute approximate surface area is 140 Å². The molecule has 1 saturated heterocycles. The summed E-state index contributed by atoms with van der Waals surface area (Å²) in [5.41, 5.74) is 0.829. The lowest BCUT2D eigenvalue weighted by Crippen LogP contribution is -2.51. The predicted octanol–water partition coefficient (Wildman–Crippen LogP) is 2.28. The SMILES string of the molecule is C=C1NC(=O)N[C@@H](c2ccc(F)cc2)[C@@H]1C(=O)OCCOC(C)C. The van der Waals surface area contributed by atoms with E-state index in [1.807, 2.05) is 13.8 Å². The van der Waals surface area contributed by atoms with Gasteiger partial charge in [-0.3, -0.25) is 4.79 Å². The van der Waals surface area contributed by atoms with Crippen molar-refractivity contribution >= 4 is 12.0 Å². The Morgan fingerprint density at radius 1 is 1.29 bits per heavy atom. The summed E-state index contributed by atoms with van der Waals surface area (Å²) < 4.78 is 23.7. The average Bonchev–Trinajstić information content (AvgIpc) is 2.51. The summed E-state index contributed by atoms with van der Waals surface area (Å²) in [6.45, 7) is 7.89. The van der Waals surface area contributed by atoms with Gasteiger partial charge < -0.3 is 20.1 Å². The Hall–Kier alpha value is -2.41. The molecule has 0 spiro atoms. The molecule has 7 heteroatoms. The smallest absolute Gasteiger partial charge is 0.319 e. The Morgan fingerprint density at radius 3 is 2.58 bits per heavy atom. The minimum absolute atomic E-state index is 0.0428. The van der Waals surface area contributed by atoms with Gasteiger partial charge in [0.05, 0.1) is 18.8 Å². The zero-order chi connectivity index (χ0) is 17.7. The molecule has 0 aromatic heterocycles. The molecule has 1 aliphatic heterocycles. The number of carbonyl (C=O) groups is 2. The maximum Gasteiger partial charge on any atom is 0.319 e. The first-order valence-electron chi connectivity index (χ1n) is 7.68. The molecule has 2 amide bonds. The summed E-state index contributed by atoms with van der Waals surface area (Å²) >= 11 is 0. The molecular formula is C17H21FN2O4. The lowest BCUT2D eigenvalue weighted by molar-refractivity contribution is -0.150. The second kappa shape index (κ2) is 7.92. The molecule has 1 aromatic carbocycles. The van der Waals surface area contributed by atoms with E-state index in [2.05, 4.69) is 17.2 Å². The fourth-order valence-corrected chi connectivity index (χ4v) is 2.43. The number of urea groups is 1. The van der Waals surface area contributed by atoms with Gasteiger partial charge in [-0.2, -0.15) is 0 Å². The van der Waals surface area contributed by atoms with Gasteiger partial charge in [-0.1, -0.05) is 18.7 Å². The van der Waals surface area contributed by atoms with Crippen LogP contribution in [0.1, 0.15) is 25.5 Å². The van der Waals surface area contributed by atoms with E-state index in [0.29, 0.717) is 5.56 Å². The minimum atomic E-state index is -0.813. The first kappa shape index (κ1) is 17.9. The summed E-state index contributed by atoms with van der Waals surface area (Å²) in [7, 11) is 0. The number of hydrogen-bond acceptors (Lipinski definition) is 4. The van der Waals surface area contributed by atoms with Crippen LogP contribution in [-0.4, -0.2) is 31.3 Å². The second-order valence-electron chi connectivity index (χ2n) is 5.72. The van der Waals surface area contributed by atoms with Crippen molar-refractivity contribution in [3.63, 3.8) is 0 Å². The topological polar surface area (TPSA) is 76.7 Å². The molecule has 1 aromatic rings. The highest BCUT2D eigenvalue weighted by Crippen LogP contribution is 2.30. The van der Waals surface area contributed by atoms with Crippen molar-refractivity contribution in [2.75, 3.05) is 13.2 Å². The van der Waals surface area contributed by atoms with E-state index in [1.54, 1.807) is 0 Å². The van der Waals surface area contributed by atoms with Crippen LogP contribution < -0.4 is 10.6 Å². The van der Waals surface area contributed by atoms with Crippen LogP contribution >= 0.6 is 0 Å². The Morgan fingerprint density at radius 2 is 1.96 bits per heavy atom. The van der Waals surface area contributed by atoms with Crippen LogP contribution in [0.3, 0.4) is 0 Å². The number of benzene rings is 1. The van der Waals surface area contributed by atoms with Crippen molar-refractivity contribution < 1.29 is 23.5 Å². The zero-order valence-corrected chi connectivity index (χ0v) is 13.7. The van der Waals surface area contributed by atoms with Crippen LogP contribution in [-0.2, 0) is 14.3 Å². The van der Waals surface area contributed by atoms with E-state index >= 15 is 0 Å². The number of rotatable bonds is 6. The molecule has 1 heterocycles.